The van der Waals surface area contributed by atoms with Gasteiger partial charge in [-0.05, 0) is 22.7 Å². The van der Waals surface area contributed by atoms with E-state index in [4.69, 9.17) is 14.2 Å². The summed E-state index contributed by atoms with van der Waals surface area (Å²) in [6.07, 6.45) is 0.884. The molecule has 1 saturated heterocycles. The lowest BCUT2D eigenvalue weighted by Crippen LogP contribution is -2.50. The van der Waals surface area contributed by atoms with Crippen LogP contribution in [0.25, 0.3) is 0 Å². The van der Waals surface area contributed by atoms with E-state index in [1.54, 1.807) is 0 Å². The Morgan fingerprint density at radius 3 is 2.09 bits per heavy atom. The molecule has 0 aromatic heterocycles. The molecule has 1 aliphatic heterocycles. The normalized spacial score (nSPS) is 19.4. The van der Waals surface area contributed by atoms with Crippen LogP contribution in [0.5, 0.6) is 5.75 Å². The Labute approximate surface area is 136 Å². The minimum Gasteiger partial charge on any atom is -0.542 e. The standard InChI is InChI=1S/C18H30O3Si/c1-13(2)22(14(3)4,15(5)6)21-18-10-8-7-9-16(18)17-11-12-19-20-17/h7-10,13-15,17H,11-12H2,1-6H3. The van der Waals surface area contributed by atoms with Crippen molar-refractivity contribution in [2.75, 3.05) is 6.61 Å². The highest BCUT2D eigenvalue weighted by Gasteiger charge is 2.47. The Morgan fingerprint density at radius 2 is 1.59 bits per heavy atom. The molecule has 0 saturated carbocycles. The molecule has 0 aliphatic carbocycles. The van der Waals surface area contributed by atoms with Crippen LogP contribution in [0.15, 0.2) is 24.3 Å². The van der Waals surface area contributed by atoms with Gasteiger partial charge in [-0.2, -0.15) is 0 Å². The minimum atomic E-state index is -1.95. The molecule has 1 aliphatic rings. The minimum absolute atomic E-state index is 0.00520. The van der Waals surface area contributed by atoms with Gasteiger partial charge in [0, 0.05) is 12.0 Å². The number of hydrogen-bond acceptors (Lipinski definition) is 3. The van der Waals surface area contributed by atoms with E-state index in [0.29, 0.717) is 23.2 Å². The van der Waals surface area contributed by atoms with E-state index in [9.17, 15) is 0 Å². The molecule has 0 N–H and O–H groups in total. The maximum absolute atomic E-state index is 6.83. The molecular formula is C18H30O3Si. The number of rotatable bonds is 6. The maximum Gasteiger partial charge on any atom is 0.258 e. The first-order chi connectivity index (χ1) is 10.4. The molecule has 1 unspecified atom stereocenters. The summed E-state index contributed by atoms with van der Waals surface area (Å²) in [5.41, 5.74) is 2.79. The molecule has 1 atom stereocenters. The van der Waals surface area contributed by atoms with Crippen molar-refractivity contribution in [3.05, 3.63) is 29.8 Å². The van der Waals surface area contributed by atoms with Crippen LogP contribution < -0.4 is 4.43 Å². The van der Waals surface area contributed by atoms with Gasteiger partial charge >= 0.3 is 0 Å². The summed E-state index contributed by atoms with van der Waals surface area (Å²) in [6.45, 7) is 14.5. The largest absolute Gasteiger partial charge is 0.542 e. The van der Waals surface area contributed by atoms with E-state index in [0.717, 1.165) is 17.7 Å². The number of hydrogen-bond donors (Lipinski definition) is 0. The summed E-state index contributed by atoms with van der Waals surface area (Å²) in [5, 5.41) is 0. The van der Waals surface area contributed by atoms with E-state index < -0.39 is 8.32 Å². The fourth-order valence-electron chi connectivity index (χ4n) is 3.92. The first-order valence-electron chi connectivity index (χ1n) is 8.45. The fraction of sp³-hybridized carbons (Fsp3) is 0.667. The lowest BCUT2D eigenvalue weighted by atomic mass is 10.1. The van der Waals surface area contributed by atoms with Crippen molar-refractivity contribution in [2.45, 2.75) is 70.7 Å². The molecule has 1 aromatic rings. The summed E-state index contributed by atoms with van der Waals surface area (Å²) in [6, 6.07) is 8.29. The first kappa shape index (κ1) is 17.5. The van der Waals surface area contributed by atoms with Crippen LogP contribution in [0.1, 0.15) is 59.6 Å². The molecule has 0 amide bonds. The Hall–Kier alpha value is -0.843. The van der Waals surface area contributed by atoms with Gasteiger partial charge in [0.15, 0.2) is 0 Å². The number of benzene rings is 1. The van der Waals surface area contributed by atoms with Gasteiger partial charge in [0.25, 0.3) is 8.32 Å². The van der Waals surface area contributed by atoms with Crippen molar-refractivity contribution in [2.24, 2.45) is 0 Å². The molecule has 3 nitrogen and oxygen atoms in total. The number of para-hydroxylation sites is 1. The van der Waals surface area contributed by atoms with Gasteiger partial charge in [0.2, 0.25) is 0 Å². The zero-order chi connectivity index (χ0) is 16.3. The van der Waals surface area contributed by atoms with Crippen LogP contribution in [-0.2, 0) is 9.78 Å². The van der Waals surface area contributed by atoms with E-state index in [1.165, 1.54) is 0 Å². The average molecular weight is 323 g/mol. The summed E-state index contributed by atoms with van der Waals surface area (Å²) in [5.74, 6) is 0.987. The SMILES string of the molecule is CC(C)[Si](Oc1ccccc1C1CCOO1)(C(C)C)C(C)C. The molecule has 0 radical (unpaired) electrons. The molecule has 1 fully saturated rings. The molecule has 1 heterocycles. The van der Waals surface area contributed by atoms with E-state index in [-0.39, 0.29) is 6.10 Å². The Bertz CT molecular complexity index is 457. The third-order valence-electron chi connectivity index (χ3n) is 4.91. The van der Waals surface area contributed by atoms with Crippen molar-refractivity contribution >= 4 is 8.32 Å². The zero-order valence-electron chi connectivity index (χ0n) is 14.8. The van der Waals surface area contributed by atoms with Crippen molar-refractivity contribution in [1.29, 1.82) is 0 Å². The average Bonchev–Trinajstić information content (AvgIpc) is 2.97. The van der Waals surface area contributed by atoms with Crippen LogP contribution in [0.4, 0.5) is 0 Å². The summed E-state index contributed by atoms with van der Waals surface area (Å²) in [7, 11) is -1.95. The van der Waals surface area contributed by atoms with Crippen molar-refractivity contribution in [3.8, 4) is 5.75 Å². The second-order valence-corrected chi connectivity index (χ2v) is 12.5. The van der Waals surface area contributed by atoms with Gasteiger partial charge in [-0.25, -0.2) is 9.78 Å². The maximum atomic E-state index is 6.83. The third-order valence-corrected chi connectivity index (χ3v) is 10.9. The van der Waals surface area contributed by atoms with Gasteiger partial charge in [-0.15, -0.1) is 0 Å². The van der Waals surface area contributed by atoms with E-state index in [2.05, 4.69) is 59.7 Å². The summed E-state index contributed by atoms with van der Waals surface area (Å²) < 4.78 is 6.83. The van der Waals surface area contributed by atoms with Crippen molar-refractivity contribution in [1.82, 2.24) is 0 Å². The summed E-state index contributed by atoms with van der Waals surface area (Å²) >= 11 is 0. The van der Waals surface area contributed by atoms with Gasteiger partial charge in [0.1, 0.15) is 11.9 Å². The molecule has 1 aromatic carbocycles. The van der Waals surface area contributed by atoms with Crippen LogP contribution in [0.2, 0.25) is 16.6 Å². The Kier molecular flexibility index (Phi) is 5.69. The predicted octanol–water partition coefficient (Wildman–Crippen LogP) is 5.63. The Morgan fingerprint density at radius 1 is 1.00 bits per heavy atom. The van der Waals surface area contributed by atoms with E-state index >= 15 is 0 Å². The smallest absolute Gasteiger partial charge is 0.258 e. The highest BCUT2D eigenvalue weighted by atomic mass is 28.4. The molecule has 2 rings (SSSR count). The Balaban J connectivity index is 2.38. The van der Waals surface area contributed by atoms with Crippen LogP contribution in [-0.4, -0.2) is 14.9 Å². The first-order valence-corrected chi connectivity index (χ1v) is 10.6. The van der Waals surface area contributed by atoms with Crippen molar-refractivity contribution in [3.63, 3.8) is 0 Å². The van der Waals surface area contributed by atoms with Crippen LogP contribution >= 0.6 is 0 Å². The lowest BCUT2D eigenvalue weighted by Gasteiger charge is -2.42. The molecular weight excluding hydrogens is 292 g/mol. The van der Waals surface area contributed by atoms with Gasteiger partial charge < -0.3 is 4.43 Å². The molecule has 0 spiro atoms. The fourth-order valence-corrected chi connectivity index (χ4v) is 9.20. The van der Waals surface area contributed by atoms with E-state index in [1.807, 2.05) is 6.07 Å². The highest BCUT2D eigenvalue weighted by Crippen LogP contribution is 2.44. The third kappa shape index (κ3) is 3.24. The highest BCUT2D eigenvalue weighted by molar-refractivity contribution is 6.78. The molecule has 0 bridgehead atoms. The van der Waals surface area contributed by atoms with Crippen LogP contribution in [0.3, 0.4) is 0 Å². The zero-order valence-corrected chi connectivity index (χ0v) is 15.8. The molecule has 22 heavy (non-hydrogen) atoms. The van der Waals surface area contributed by atoms with Crippen molar-refractivity contribution < 1.29 is 14.2 Å². The molecule has 4 heteroatoms. The second-order valence-electron chi connectivity index (χ2n) is 7.15. The lowest BCUT2D eigenvalue weighted by molar-refractivity contribution is -0.276. The van der Waals surface area contributed by atoms with Gasteiger partial charge in [0.05, 0.1) is 6.61 Å². The second kappa shape index (κ2) is 7.15. The molecule has 124 valence electrons. The quantitative estimate of drug-likeness (QED) is 0.501. The van der Waals surface area contributed by atoms with Gasteiger partial charge in [-0.1, -0.05) is 59.7 Å². The van der Waals surface area contributed by atoms with Gasteiger partial charge in [-0.3, -0.25) is 0 Å². The summed E-state index contributed by atoms with van der Waals surface area (Å²) in [4.78, 5) is 10.5. The van der Waals surface area contributed by atoms with Crippen LogP contribution in [0, 0.1) is 0 Å². The predicted molar refractivity (Wildman–Crippen MR) is 92.5 cm³/mol. The monoisotopic (exact) mass is 322 g/mol. The topological polar surface area (TPSA) is 27.7 Å².